The van der Waals surface area contributed by atoms with E-state index in [1.807, 2.05) is 24.3 Å². The summed E-state index contributed by atoms with van der Waals surface area (Å²) in [5.74, 6) is 1.52. The zero-order chi connectivity index (χ0) is 26.1. The molecule has 0 aliphatic rings. The number of hydrogen-bond donors (Lipinski definition) is 1. The zero-order valence-electron chi connectivity index (χ0n) is 20.7. The molecule has 0 unspecified atom stereocenters. The molecule has 0 atom stereocenters. The van der Waals surface area contributed by atoms with Crippen molar-refractivity contribution in [1.29, 1.82) is 0 Å². The molecule has 0 bridgehead atoms. The highest BCUT2D eigenvalue weighted by Gasteiger charge is 2.28. The van der Waals surface area contributed by atoms with E-state index in [0.29, 0.717) is 30.2 Å². The molecule has 192 valence electrons. The molecule has 0 saturated carbocycles. The fraction of sp³-hybridized carbons (Fsp3) is 0.269. The van der Waals surface area contributed by atoms with Crippen molar-refractivity contribution in [2.24, 2.45) is 0 Å². The molecule has 10 heteroatoms. The van der Waals surface area contributed by atoms with Crippen LogP contribution in [0.5, 0.6) is 23.0 Å². The Morgan fingerprint density at radius 3 is 1.92 bits per heavy atom. The molecule has 1 amide bonds. The molecule has 36 heavy (non-hydrogen) atoms. The van der Waals surface area contributed by atoms with Crippen LogP contribution in [0, 0.1) is 0 Å². The van der Waals surface area contributed by atoms with Crippen molar-refractivity contribution in [3.8, 4) is 23.0 Å². The maximum absolute atomic E-state index is 13.7. The number of hydrogen-bond acceptors (Lipinski definition) is 7. The van der Waals surface area contributed by atoms with Gasteiger partial charge in [0.05, 0.1) is 39.0 Å². The Bertz CT molecular complexity index is 1260. The van der Waals surface area contributed by atoms with Gasteiger partial charge in [0.1, 0.15) is 18.0 Å². The lowest BCUT2D eigenvalue weighted by molar-refractivity contribution is -0.119. The number of anilines is 1. The third-order valence-electron chi connectivity index (χ3n) is 5.49. The van der Waals surface area contributed by atoms with Crippen LogP contribution in [0.15, 0.2) is 71.6 Å². The van der Waals surface area contributed by atoms with Crippen LogP contribution in [-0.2, 0) is 21.2 Å². The first-order chi connectivity index (χ1) is 17.3. The fourth-order valence-electron chi connectivity index (χ4n) is 3.49. The van der Waals surface area contributed by atoms with Crippen molar-refractivity contribution >= 4 is 21.6 Å². The lowest BCUT2D eigenvalue weighted by Gasteiger charge is -2.24. The molecule has 1 N–H and O–H groups in total. The van der Waals surface area contributed by atoms with Gasteiger partial charge in [0.2, 0.25) is 5.91 Å². The molecule has 9 nitrogen and oxygen atoms in total. The van der Waals surface area contributed by atoms with Gasteiger partial charge in [-0.05, 0) is 60.5 Å². The second-order valence-electron chi connectivity index (χ2n) is 7.67. The maximum Gasteiger partial charge on any atom is 0.264 e. The van der Waals surface area contributed by atoms with Crippen LogP contribution in [0.2, 0.25) is 0 Å². The number of benzene rings is 3. The van der Waals surface area contributed by atoms with Gasteiger partial charge >= 0.3 is 0 Å². The van der Waals surface area contributed by atoms with Gasteiger partial charge in [0.15, 0.2) is 11.5 Å². The Labute approximate surface area is 211 Å². The first-order valence-electron chi connectivity index (χ1n) is 11.1. The quantitative estimate of drug-likeness (QED) is 0.396. The summed E-state index contributed by atoms with van der Waals surface area (Å²) in [6.07, 6.45) is 0.584. The van der Waals surface area contributed by atoms with Crippen molar-refractivity contribution in [3.05, 3.63) is 72.3 Å². The van der Waals surface area contributed by atoms with Crippen molar-refractivity contribution in [2.45, 2.75) is 11.3 Å². The van der Waals surface area contributed by atoms with E-state index in [4.69, 9.17) is 18.9 Å². The molecular formula is C26H30N2O7S. The van der Waals surface area contributed by atoms with Crippen LogP contribution in [0.25, 0.3) is 0 Å². The van der Waals surface area contributed by atoms with Gasteiger partial charge in [-0.2, -0.15) is 0 Å². The van der Waals surface area contributed by atoms with Crippen molar-refractivity contribution in [1.82, 2.24) is 5.32 Å². The van der Waals surface area contributed by atoms with Crippen molar-refractivity contribution in [3.63, 3.8) is 0 Å². The third-order valence-corrected chi connectivity index (χ3v) is 7.26. The number of rotatable bonds is 12. The molecule has 3 aromatic carbocycles. The molecule has 0 saturated heterocycles. The number of carbonyl (C=O) groups excluding carboxylic acids is 1. The molecule has 0 fully saturated rings. The van der Waals surface area contributed by atoms with E-state index < -0.39 is 22.5 Å². The van der Waals surface area contributed by atoms with Gasteiger partial charge in [-0.15, -0.1) is 0 Å². The smallest absolute Gasteiger partial charge is 0.264 e. The van der Waals surface area contributed by atoms with Gasteiger partial charge in [-0.3, -0.25) is 9.10 Å². The normalized spacial score (nSPS) is 10.9. The van der Waals surface area contributed by atoms with E-state index in [-0.39, 0.29) is 10.6 Å². The number of carbonyl (C=O) groups is 1. The van der Waals surface area contributed by atoms with Gasteiger partial charge < -0.3 is 24.3 Å². The molecule has 0 radical (unpaired) electrons. The van der Waals surface area contributed by atoms with Crippen LogP contribution in [0.1, 0.15) is 5.56 Å². The minimum Gasteiger partial charge on any atom is -0.497 e. The second-order valence-corrected chi connectivity index (χ2v) is 9.54. The molecule has 3 rings (SSSR count). The van der Waals surface area contributed by atoms with Gasteiger partial charge in [0, 0.05) is 12.6 Å². The van der Waals surface area contributed by atoms with Gasteiger partial charge in [0.25, 0.3) is 10.0 Å². The Balaban J connectivity index is 1.82. The standard InChI is InChI=1S/C26H30N2O7S/c1-32-21-9-5-19(6-10-21)15-16-27-26(29)18-28(20-7-11-22(33-2)12-8-20)36(30,31)23-13-14-24(34-3)25(17-23)35-4/h5-14,17H,15-16,18H2,1-4H3,(H,27,29). The minimum atomic E-state index is -4.13. The number of methoxy groups -OCH3 is 4. The first-order valence-corrected chi connectivity index (χ1v) is 12.5. The van der Waals surface area contributed by atoms with E-state index in [1.54, 1.807) is 31.4 Å². The predicted molar refractivity (Wildman–Crippen MR) is 137 cm³/mol. The summed E-state index contributed by atoms with van der Waals surface area (Å²) in [5, 5.41) is 2.80. The van der Waals surface area contributed by atoms with Crippen molar-refractivity contribution < 1.29 is 32.2 Å². The van der Waals surface area contributed by atoms with Crippen LogP contribution in [0.3, 0.4) is 0 Å². The zero-order valence-corrected chi connectivity index (χ0v) is 21.5. The number of nitrogens with zero attached hydrogens (tertiary/aromatic N) is 1. The Kier molecular flexibility index (Phi) is 9.02. The minimum absolute atomic E-state index is 0.0398. The molecule has 0 spiro atoms. The molecule has 3 aromatic rings. The Morgan fingerprint density at radius 1 is 0.778 bits per heavy atom. The van der Waals surface area contributed by atoms with E-state index in [0.717, 1.165) is 15.6 Å². The average molecular weight is 515 g/mol. The van der Waals surface area contributed by atoms with Crippen LogP contribution in [0.4, 0.5) is 5.69 Å². The summed E-state index contributed by atoms with van der Waals surface area (Å²) in [6.45, 7) is -0.0658. The second kappa shape index (κ2) is 12.2. The fourth-order valence-corrected chi connectivity index (χ4v) is 4.93. The summed E-state index contributed by atoms with van der Waals surface area (Å²) >= 11 is 0. The summed E-state index contributed by atoms with van der Waals surface area (Å²) in [4.78, 5) is 12.8. The average Bonchev–Trinajstić information content (AvgIpc) is 2.91. The SMILES string of the molecule is COc1ccc(CCNC(=O)CN(c2ccc(OC)cc2)S(=O)(=O)c2ccc(OC)c(OC)c2)cc1. The highest BCUT2D eigenvalue weighted by atomic mass is 32.2. The molecule has 0 aromatic heterocycles. The number of amides is 1. The van der Waals surface area contributed by atoms with E-state index in [1.165, 1.54) is 39.5 Å². The predicted octanol–water partition coefficient (Wildman–Crippen LogP) is 3.28. The molecular weight excluding hydrogens is 484 g/mol. The highest BCUT2D eigenvalue weighted by Crippen LogP contribution is 2.32. The largest absolute Gasteiger partial charge is 0.497 e. The summed E-state index contributed by atoms with van der Waals surface area (Å²) in [5.41, 5.74) is 1.33. The summed E-state index contributed by atoms with van der Waals surface area (Å²) in [7, 11) is 1.87. The van der Waals surface area contributed by atoms with Crippen molar-refractivity contribution in [2.75, 3.05) is 45.8 Å². The highest BCUT2D eigenvalue weighted by molar-refractivity contribution is 7.92. The Morgan fingerprint density at radius 2 is 1.36 bits per heavy atom. The summed E-state index contributed by atoms with van der Waals surface area (Å²) in [6, 6.07) is 18.2. The van der Waals surface area contributed by atoms with Crippen LogP contribution in [-0.4, -0.2) is 55.9 Å². The van der Waals surface area contributed by atoms with E-state index >= 15 is 0 Å². The van der Waals surface area contributed by atoms with Gasteiger partial charge in [-0.1, -0.05) is 12.1 Å². The molecule has 0 aliphatic heterocycles. The Hall–Kier alpha value is -3.92. The van der Waals surface area contributed by atoms with E-state index in [9.17, 15) is 13.2 Å². The third kappa shape index (κ3) is 6.39. The molecule has 0 heterocycles. The monoisotopic (exact) mass is 514 g/mol. The van der Waals surface area contributed by atoms with Crippen LogP contribution < -0.4 is 28.6 Å². The maximum atomic E-state index is 13.7. The lowest BCUT2D eigenvalue weighted by Crippen LogP contribution is -2.41. The van der Waals surface area contributed by atoms with Crippen LogP contribution >= 0.6 is 0 Å². The number of sulfonamides is 1. The number of nitrogens with one attached hydrogen (secondary N) is 1. The molecule has 0 aliphatic carbocycles. The van der Waals surface area contributed by atoms with E-state index in [2.05, 4.69) is 5.32 Å². The lowest BCUT2D eigenvalue weighted by atomic mass is 10.1. The first kappa shape index (κ1) is 26.7. The topological polar surface area (TPSA) is 103 Å². The summed E-state index contributed by atoms with van der Waals surface area (Å²) < 4.78 is 49.2. The number of ether oxygens (including phenoxy) is 4. The van der Waals surface area contributed by atoms with Gasteiger partial charge in [-0.25, -0.2) is 8.42 Å².